The number of ether oxygens (including phenoxy) is 1. The van der Waals surface area contributed by atoms with Gasteiger partial charge in [-0.2, -0.15) is 0 Å². The predicted octanol–water partition coefficient (Wildman–Crippen LogP) is 4.99. The van der Waals surface area contributed by atoms with Gasteiger partial charge in [0.25, 0.3) is 5.91 Å². The van der Waals surface area contributed by atoms with Gasteiger partial charge in [-0.15, -0.1) is 0 Å². The number of nitrogens with zero attached hydrogens (tertiary/aromatic N) is 1. The largest absolute Gasteiger partial charge is 0.497 e. The minimum atomic E-state index is -0.335. The molecule has 1 saturated heterocycles. The van der Waals surface area contributed by atoms with Gasteiger partial charge < -0.3 is 14.5 Å². The Bertz CT molecular complexity index is 1070. The van der Waals surface area contributed by atoms with E-state index in [0.717, 1.165) is 11.3 Å². The van der Waals surface area contributed by atoms with Crippen LogP contribution in [0.15, 0.2) is 75.0 Å². The Morgan fingerprint density at radius 2 is 1.82 bits per heavy atom. The van der Waals surface area contributed by atoms with Crippen LogP contribution in [0.3, 0.4) is 0 Å². The van der Waals surface area contributed by atoms with Gasteiger partial charge >= 0.3 is 0 Å². The van der Waals surface area contributed by atoms with Crippen LogP contribution >= 0.6 is 11.8 Å². The van der Waals surface area contributed by atoms with Gasteiger partial charge in [0.2, 0.25) is 0 Å². The van der Waals surface area contributed by atoms with Crippen molar-refractivity contribution in [2.45, 2.75) is 0 Å². The van der Waals surface area contributed by atoms with Crippen LogP contribution in [0, 0.1) is 5.82 Å². The van der Waals surface area contributed by atoms with Gasteiger partial charge in [-0.1, -0.05) is 0 Å². The molecule has 28 heavy (non-hydrogen) atoms. The number of nitrogens with one attached hydrogen (secondary N) is 1. The summed E-state index contributed by atoms with van der Waals surface area (Å²) in [5.74, 6) is 1.43. The third-order valence-electron chi connectivity index (χ3n) is 3.98. The predicted molar refractivity (Wildman–Crippen MR) is 108 cm³/mol. The normalized spacial score (nSPS) is 16.6. The summed E-state index contributed by atoms with van der Waals surface area (Å²) in [6.07, 6.45) is 1.67. The molecule has 0 aliphatic carbocycles. The number of methoxy groups -OCH3 is 1. The van der Waals surface area contributed by atoms with Crippen molar-refractivity contribution in [1.29, 1.82) is 0 Å². The maximum absolute atomic E-state index is 13.0. The van der Waals surface area contributed by atoms with E-state index < -0.39 is 0 Å². The molecule has 2 aromatic carbocycles. The van der Waals surface area contributed by atoms with E-state index in [0.29, 0.717) is 27.3 Å². The van der Waals surface area contributed by atoms with Crippen LogP contribution < -0.4 is 10.1 Å². The van der Waals surface area contributed by atoms with Crippen molar-refractivity contribution < 1.29 is 18.3 Å². The third-order valence-corrected chi connectivity index (χ3v) is 4.89. The maximum atomic E-state index is 13.0. The fourth-order valence-corrected chi connectivity index (χ4v) is 3.41. The highest BCUT2D eigenvalue weighted by Crippen LogP contribution is 2.30. The van der Waals surface area contributed by atoms with Crippen LogP contribution in [-0.4, -0.2) is 18.2 Å². The second-order valence-corrected chi connectivity index (χ2v) is 6.92. The summed E-state index contributed by atoms with van der Waals surface area (Å²) in [7, 11) is 1.62. The van der Waals surface area contributed by atoms with Crippen LogP contribution in [0.25, 0.3) is 17.4 Å². The highest BCUT2D eigenvalue weighted by atomic mass is 32.2. The SMILES string of the molecule is COc1ccc(-c2ccc(/C=C3\SC(=Nc4ccc(F)cc4)NC3=O)o2)cc1. The number of amidine groups is 1. The number of halogens is 1. The summed E-state index contributed by atoms with van der Waals surface area (Å²) < 4.78 is 24.0. The fraction of sp³-hybridized carbons (Fsp3) is 0.0476. The summed E-state index contributed by atoms with van der Waals surface area (Å²) in [6, 6.07) is 16.9. The number of hydrogen-bond acceptors (Lipinski definition) is 5. The zero-order chi connectivity index (χ0) is 19.5. The summed E-state index contributed by atoms with van der Waals surface area (Å²) >= 11 is 1.20. The quantitative estimate of drug-likeness (QED) is 0.634. The van der Waals surface area contributed by atoms with E-state index in [4.69, 9.17) is 9.15 Å². The van der Waals surface area contributed by atoms with E-state index >= 15 is 0 Å². The van der Waals surface area contributed by atoms with Crippen molar-refractivity contribution in [2.75, 3.05) is 7.11 Å². The molecular formula is C21H15FN2O3S. The highest BCUT2D eigenvalue weighted by Gasteiger charge is 2.24. The van der Waals surface area contributed by atoms with Crippen molar-refractivity contribution >= 4 is 34.6 Å². The molecule has 140 valence electrons. The Balaban J connectivity index is 1.52. The Morgan fingerprint density at radius 3 is 2.54 bits per heavy atom. The van der Waals surface area contributed by atoms with Crippen LogP contribution in [-0.2, 0) is 4.79 Å². The van der Waals surface area contributed by atoms with Crippen LogP contribution in [0.4, 0.5) is 10.1 Å². The minimum absolute atomic E-state index is 0.256. The summed E-state index contributed by atoms with van der Waals surface area (Å²) in [5.41, 5.74) is 1.47. The van der Waals surface area contributed by atoms with Gasteiger partial charge in [0.1, 0.15) is 23.1 Å². The molecule has 0 radical (unpaired) electrons. The van der Waals surface area contributed by atoms with Crippen molar-refractivity contribution in [2.24, 2.45) is 4.99 Å². The monoisotopic (exact) mass is 394 g/mol. The molecule has 0 unspecified atom stereocenters. The highest BCUT2D eigenvalue weighted by molar-refractivity contribution is 8.18. The molecular weight excluding hydrogens is 379 g/mol. The second kappa shape index (κ2) is 7.74. The molecule has 0 saturated carbocycles. The smallest absolute Gasteiger partial charge is 0.264 e. The standard InChI is InChI=1S/C21H15FN2O3S/c1-26-16-8-2-13(3-9-16)18-11-10-17(27-18)12-19-20(25)24-21(28-19)23-15-6-4-14(22)5-7-15/h2-12H,1H3,(H,23,24,25)/b19-12-. The van der Waals surface area contributed by atoms with Gasteiger partial charge in [-0.3, -0.25) is 4.79 Å². The van der Waals surface area contributed by atoms with Gasteiger partial charge in [-0.05, 0) is 72.4 Å². The van der Waals surface area contributed by atoms with E-state index in [-0.39, 0.29) is 11.7 Å². The van der Waals surface area contributed by atoms with Crippen LogP contribution in [0.5, 0.6) is 5.75 Å². The molecule has 7 heteroatoms. The summed E-state index contributed by atoms with van der Waals surface area (Å²) in [5, 5.41) is 3.13. The van der Waals surface area contributed by atoms with E-state index in [1.807, 2.05) is 30.3 Å². The summed E-state index contributed by atoms with van der Waals surface area (Å²) in [4.78, 5) is 17.0. The van der Waals surface area contributed by atoms with Gasteiger partial charge in [0.05, 0.1) is 17.7 Å². The molecule has 0 spiro atoms. The lowest BCUT2D eigenvalue weighted by molar-refractivity contribution is -0.115. The fourth-order valence-electron chi connectivity index (χ4n) is 2.58. The van der Waals surface area contributed by atoms with E-state index in [1.54, 1.807) is 31.4 Å². The zero-order valence-corrected chi connectivity index (χ0v) is 15.6. The van der Waals surface area contributed by atoms with Gasteiger partial charge in [0, 0.05) is 11.6 Å². The molecule has 4 rings (SSSR count). The maximum Gasteiger partial charge on any atom is 0.264 e. The lowest BCUT2D eigenvalue weighted by Gasteiger charge is -2.00. The Morgan fingerprint density at radius 1 is 1.07 bits per heavy atom. The second-order valence-electron chi connectivity index (χ2n) is 5.89. The lowest BCUT2D eigenvalue weighted by Crippen LogP contribution is -2.19. The van der Waals surface area contributed by atoms with Crippen molar-refractivity contribution in [3.63, 3.8) is 0 Å². The van der Waals surface area contributed by atoms with Crippen LogP contribution in [0.1, 0.15) is 5.76 Å². The number of carbonyl (C=O) groups is 1. The number of benzene rings is 2. The van der Waals surface area contributed by atoms with Gasteiger partial charge in [0.15, 0.2) is 5.17 Å². The molecule has 0 atom stereocenters. The van der Waals surface area contributed by atoms with E-state index in [9.17, 15) is 9.18 Å². The number of thioether (sulfide) groups is 1. The van der Waals surface area contributed by atoms with E-state index in [2.05, 4.69) is 10.3 Å². The van der Waals surface area contributed by atoms with Crippen molar-refractivity contribution in [3.05, 3.63) is 77.1 Å². The molecule has 3 aromatic rings. The van der Waals surface area contributed by atoms with Gasteiger partial charge in [-0.25, -0.2) is 9.38 Å². The van der Waals surface area contributed by atoms with Crippen molar-refractivity contribution in [3.8, 4) is 17.1 Å². The molecule has 1 aliphatic heterocycles. The summed E-state index contributed by atoms with van der Waals surface area (Å²) in [6.45, 7) is 0. The Kier molecular flexibility index (Phi) is 4.99. The first-order valence-electron chi connectivity index (χ1n) is 8.40. The van der Waals surface area contributed by atoms with Crippen LogP contribution in [0.2, 0.25) is 0 Å². The average molecular weight is 394 g/mol. The number of furan rings is 1. The number of hydrogen-bond donors (Lipinski definition) is 1. The molecule has 5 nitrogen and oxygen atoms in total. The van der Waals surface area contributed by atoms with Crippen molar-refractivity contribution in [1.82, 2.24) is 5.32 Å². The Hall–Kier alpha value is -3.32. The molecule has 1 amide bonds. The first-order chi connectivity index (χ1) is 13.6. The zero-order valence-electron chi connectivity index (χ0n) is 14.8. The minimum Gasteiger partial charge on any atom is -0.497 e. The molecule has 1 aliphatic rings. The molecule has 1 fully saturated rings. The first-order valence-corrected chi connectivity index (χ1v) is 9.22. The number of amides is 1. The number of rotatable bonds is 4. The molecule has 1 N–H and O–H groups in total. The number of carbonyl (C=O) groups excluding carboxylic acids is 1. The topological polar surface area (TPSA) is 63.8 Å². The Labute approximate surface area is 164 Å². The lowest BCUT2D eigenvalue weighted by atomic mass is 10.2. The number of aliphatic imine (C=N–C) groups is 1. The molecule has 1 aromatic heterocycles. The third kappa shape index (κ3) is 3.99. The van der Waals surface area contributed by atoms with E-state index in [1.165, 1.54) is 23.9 Å². The molecule has 2 heterocycles. The first kappa shape index (κ1) is 18.1. The molecule has 0 bridgehead atoms. The average Bonchev–Trinajstić information content (AvgIpc) is 3.31.